The minimum atomic E-state index is -0.624. The zero-order chi connectivity index (χ0) is 10.2. The molecule has 1 aromatic rings. The summed E-state index contributed by atoms with van der Waals surface area (Å²) in [6, 6.07) is 9.25. The van der Waals surface area contributed by atoms with Gasteiger partial charge in [-0.15, -0.1) is 0 Å². The molecule has 4 nitrogen and oxygen atoms in total. The van der Waals surface area contributed by atoms with Crippen LogP contribution in [0.2, 0.25) is 0 Å². The van der Waals surface area contributed by atoms with Crippen molar-refractivity contribution >= 4 is 18.6 Å². The molecule has 1 rings (SSSR count). The lowest BCUT2D eigenvalue weighted by molar-refractivity contribution is -0.136. The van der Waals surface area contributed by atoms with Crippen molar-refractivity contribution in [3.05, 3.63) is 35.9 Å². The fourth-order valence-electron chi connectivity index (χ4n) is 0.857. The Morgan fingerprint density at radius 1 is 1.36 bits per heavy atom. The SMILES string of the molecule is O=CN=CC(=O)OCc1ccccc1. The quantitative estimate of drug-likeness (QED) is 0.404. The van der Waals surface area contributed by atoms with Gasteiger partial charge in [0.15, 0.2) is 0 Å². The number of carbonyl (C=O) groups is 2. The molecule has 0 saturated heterocycles. The monoisotopic (exact) mass is 191 g/mol. The van der Waals surface area contributed by atoms with E-state index in [1.807, 2.05) is 30.3 Å². The van der Waals surface area contributed by atoms with Crippen LogP contribution in [0.3, 0.4) is 0 Å². The highest BCUT2D eigenvalue weighted by Crippen LogP contribution is 1.99. The van der Waals surface area contributed by atoms with Gasteiger partial charge in [-0.05, 0) is 5.56 Å². The van der Waals surface area contributed by atoms with Crippen molar-refractivity contribution in [3.8, 4) is 0 Å². The number of hydrogen-bond acceptors (Lipinski definition) is 3. The molecule has 0 aliphatic heterocycles. The van der Waals surface area contributed by atoms with E-state index in [0.717, 1.165) is 11.8 Å². The number of amides is 1. The number of hydrogen-bond donors (Lipinski definition) is 0. The van der Waals surface area contributed by atoms with Gasteiger partial charge in [0.25, 0.3) is 0 Å². The molecule has 0 radical (unpaired) electrons. The van der Waals surface area contributed by atoms with Crippen molar-refractivity contribution in [3.63, 3.8) is 0 Å². The maximum Gasteiger partial charge on any atom is 0.349 e. The van der Waals surface area contributed by atoms with Gasteiger partial charge in [0.1, 0.15) is 12.8 Å². The molecule has 72 valence electrons. The third kappa shape index (κ3) is 3.62. The molecular formula is C10H9NO3. The first-order chi connectivity index (χ1) is 6.83. The van der Waals surface area contributed by atoms with Crippen molar-refractivity contribution in [2.24, 2.45) is 4.99 Å². The molecule has 14 heavy (non-hydrogen) atoms. The fourth-order valence-corrected chi connectivity index (χ4v) is 0.857. The molecule has 1 aromatic carbocycles. The van der Waals surface area contributed by atoms with Crippen molar-refractivity contribution in [2.75, 3.05) is 0 Å². The molecule has 0 saturated carbocycles. The summed E-state index contributed by atoms with van der Waals surface area (Å²) in [5.41, 5.74) is 0.889. The summed E-state index contributed by atoms with van der Waals surface area (Å²) in [5.74, 6) is -0.624. The summed E-state index contributed by atoms with van der Waals surface area (Å²) in [4.78, 5) is 23.7. The molecule has 0 aliphatic rings. The molecule has 4 heteroatoms. The van der Waals surface area contributed by atoms with Crippen molar-refractivity contribution in [1.82, 2.24) is 0 Å². The molecule has 0 bridgehead atoms. The zero-order valence-electron chi connectivity index (χ0n) is 7.42. The van der Waals surface area contributed by atoms with Crippen molar-refractivity contribution < 1.29 is 14.3 Å². The van der Waals surface area contributed by atoms with Gasteiger partial charge < -0.3 is 4.74 Å². The average Bonchev–Trinajstić information content (AvgIpc) is 2.25. The van der Waals surface area contributed by atoms with Crippen LogP contribution in [0.1, 0.15) is 5.56 Å². The van der Waals surface area contributed by atoms with Gasteiger partial charge in [-0.1, -0.05) is 30.3 Å². The fraction of sp³-hybridized carbons (Fsp3) is 0.100. The number of nitrogens with zero attached hydrogens (tertiary/aromatic N) is 1. The molecule has 0 atom stereocenters. The number of rotatable bonds is 4. The summed E-state index contributed by atoms with van der Waals surface area (Å²) < 4.78 is 4.78. The van der Waals surface area contributed by atoms with Gasteiger partial charge in [0, 0.05) is 0 Å². The second kappa shape index (κ2) is 5.64. The Morgan fingerprint density at radius 2 is 2.07 bits per heavy atom. The smallest absolute Gasteiger partial charge is 0.349 e. The lowest BCUT2D eigenvalue weighted by Gasteiger charge is -2.00. The molecule has 1 amide bonds. The van der Waals surface area contributed by atoms with E-state index < -0.39 is 5.97 Å². The van der Waals surface area contributed by atoms with Crippen LogP contribution in [0, 0.1) is 0 Å². The highest BCUT2D eigenvalue weighted by atomic mass is 16.5. The van der Waals surface area contributed by atoms with Crippen LogP contribution in [0.5, 0.6) is 0 Å². The zero-order valence-corrected chi connectivity index (χ0v) is 7.42. The second-order valence-corrected chi connectivity index (χ2v) is 2.48. The predicted molar refractivity (Wildman–Crippen MR) is 50.8 cm³/mol. The van der Waals surface area contributed by atoms with E-state index in [9.17, 15) is 9.59 Å². The Hall–Kier alpha value is -1.97. The molecule has 0 aromatic heterocycles. The van der Waals surface area contributed by atoms with Crippen molar-refractivity contribution in [2.45, 2.75) is 6.61 Å². The first kappa shape index (κ1) is 10.1. The van der Waals surface area contributed by atoms with Gasteiger partial charge in [0.05, 0.1) is 0 Å². The molecular weight excluding hydrogens is 182 g/mol. The lowest BCUT2D eigenvalue weighted by Crippen LogP contribution is -2.05. The summed E-state index contributed by atoms with van der Waals surface area (Å²) >= 11 is 0. The highest BCUT2D eigenvalue weighted by Gasteiger charge is 1.97. The average molecular weight is 191 g/mol. The van der Waals surface area contributed by atoms with E-state index in [1.165, 1.54) is 0 Å². The lowest BCUT2D eigenvalue weighted by atomic mass is 10.2. The topological polar surface area (TPSA) is 55.7 Å². The summed E-state index contributed by atoms with van der Waals surface area (Å²) in [5, 5.41) is 0. The summed E-state index contributed by atoms with van der Waals surface area (Å²) in [6.07, 6.45) is 1.12. The van der Waals surface area contributed by atoms with Gasteiger partial charge in [-0.3, -0.25) is 4.79 Å². The maximum atomic E-state index is 10.8. The Bertz CT molecular complexity index is 332. The number of ether oxygens (including phenoxy) is 1. The molecule has 0 spiro atoms. The Labute approximate surface area is 81.2 Å². The number of benzene rings is 1. The van der Waals surface area contributed by atoms with Gasteiger partial charge in [-0.25, -0.2) is 9.79 Å². The highest BCUT2D eigenvalue weighted by molar-refractivity contribution is 6.24. The summed E-state index contributed by atoms with van der Waals surface area (Å²) in [6.45, 7) is 0.185. The second-order valence-electron chi connectivity index (χ2n) is 2.48. The van der Waals surface area contributed by atoms with Crippen LogP contribution in [0.25, 0.3) is 0 Å². The molecule has 0 N–H and O–H groups in total. The number of esters is 1. The van der Waals surface area contributed by atoms with Crippen LogP contribution in [-0.2, 0) is 20.9 Å². The number of aliphatic imine (C=N–C) groups is 1. The van der Waals surface area contributed by atoms with Crippen LogP contribution < -0.4 is 0 Å². The normalized spacial score (nSPS) is 10.0. The van der Waals surface area contributed by atoms with E-state index in [2.05, 4.69) is 4.99 Å². The van der Waals surface area contributed by atoms with Crippen LogP contribution in [0.4, 0.5) is 0 Å². The van der Waals surface area contributed by atoms with Crippen LogP contribution in [0.15, 0.2) is 35.3 Å². The number of carbonyl (C=O) groups excluding carboxylic acids is 2. The van der Waals surface area contributed by atoms with E-state index >= 15 is 0 Å². The first-order valence-corrected chi connectivity index (χ1v) is 4.00. The Kier molecular flexibility index (Phi) is 4.07. The third-order valence-electron chi connectivity index (χ3n) is 1.46. The Morgan fingerprint density at radius 3 is 2.71 bits per heavy atom. The molecule has 0 fully saturated rings. The van der Waals surface area contributed by atoms with Gasteiger partial charge in [0.2, 0.25) is 6.41 Å². The molecule has 0 unspecified atom stereocenters. The summed E-state index contributed by atoms with van der Waals surface area (Å²) in [7, 11) is 0. The predicted octanol–water partition coefficient (Wildman–Crippen LogP) is 0.957. The largest absolute Gasteiger partial charge is 0.457 e. The third-order valence-corrected chi connectivity index (χ3v) is 1.46. The van der Waals surface area contributed by atoms with Gasteiger partial charge >= 0.3 is 5.97 Å². The first-order valence-electron chi connectivity index (χ1n) is 4.00. The van der Waals surface area contributed by atoms with E-state index in [1.54, 1.807) is 0 Å². The van der Waals surface area contributed by atoms with Gasteiger partial charge in [-0.2, -0.15) is 0 Å². The Balaban J connectivity index is 2.38. The van der Waals surface area contributed by atoms with Crippen LogP contribution >= 0.6 is 0 Å². The standard InChI is InChI=1S/C10H9NO3/c12-8-11-6-10(13)14-7-9-4-2-1-3-5-9/h1-6,8H,7H2. The minimum Gasteiger partial charge on any atom is -0.457 e. The van der Waals surface area contributed by atoms with E-state index in [0.29, 0.717) is 0 Å². The van der Waals surface area contributed by atoms with Crippen molar-refractivity contribution in [1.29, 1.82) is 0 Å². The minimum absolute atomic E-state index is 0.185. The van der Waals surface area contributed by atoms with E-state index in [4.69, 9.17) is 4.74 Å². The molecule has 0 aliphatic carbocycles. The van der Waals surface area contributed by atoms with Crippen LogP contribution in [-0.4, -0.2) is 18.6 Å². The maximum absolute atomic E-state index is 10.8. The molecule has 0 heterocycles. The van der Waals surface area contributed by atoms with E-state index in [-0.39, 0.29) is 13.0 Å².